The highest BCUT2D eigenvalue weighted by Gasteiger charge is 2.40. The van der Waals surface area contributed by atoms with Gasteiger partial charge in [0.25, 0.3) is 0 Å². The first kappa shape index (κ1) is 14.3. The minimum absolute atomic E-state index is 0.0805. The number of hydrogen-bond donors (Lipinski definition) is 3. The zero-order chi connectivity index (χ0) is 14.8. The summed E-state index contributed by atoms with van der Waals surface area (Å²) in [5.74, 6) is -1.26. The molecular weight excluding hydrogens is 263 g/mol. The lowest BCUT2D eigenvalue weighted by atomic mass is 9.74. The van der Waals surface area contributed by atoms with E-state index in [1.807, 2.05) is 0 Å². The van der Waals surface area contributed by atoms with Gasteiger partial charge in [0, 0.05) is 5.69 Å². The molecular formula is C14H17FN2O3. The number of aryl methyl sites for hydroxylation is 1. The molecule has 0 heterocycles. The number of nitrogens with one attached hydrogen (secondary N) is 2. The minimum atomic E-state index is -0.928. The van der Waals surface area contributed by atoms with E-state index in [1.54, 1.807) is 6.92 Å². The Morgan fingerprint density at radius 3 is 2.60 bits per heavy atom. The molecule has 2 rings (SSSR count). The molecule has 0 radical (unpaired) electrons. The summed E-state index contributed by atoms with van der Waals surface area (Å²) in [6, 6.07) is 3.81. The third-order valence-electron chi connectivity index (χ3n) is 3.59. The summed E-state index contributed by atoms with van der Waals surface area (Å²) in [6.45, 7) is 1.61. The summed E-state index contributed by atoms with van der Waals surface area (Å²) in [4.78, 5) is 22.7. The summed E-state index contributed by atoms with van der Waals surface area (Å²) in [5.41, 5.74) is 0.267. The zero-order valence-electron chi connectivity index (χ0n) is 11.2. The number of carbonyl (C=O) groups is 2. The Hall–Kier alpha value is -2.11. The van der Waals surface area contributed by atoms with Crippen molar-refractivity contribution in [1.82, 2.24) is 5.32 Å². The number of anilines is 1. The summed E-state index contributed by atoms with van der Waals surface area (Å²) in [7, 11) is 0. The van der Waals surface area contributed by atoms with Gasteiger partial charge < -0.3 is 15.7 Å². The molecule has 0 unspecified atom stereocenters. The maximum atomic E-state index is 13.1. The van der Waals surface area contributed by atoms with Gasteiger partial charge in [0.2, 0.25) is 0 Å². The molecule has 1 aromatic carbocycles. The number of rotatable bonds is 4. The van der Waals surface area contributed by atoms with Crippen LogP contribution in [0, 0.1) is 12.7 Å². The number of aliphatic carboxylic acids is 1. The monoisotopic (exact) mass is 280 g/mol. The molecule has 6 heteroatoms. The topological polar surface area (TPSA) is 78.4 Å². The van der Waals surface area contributed by atoms with Crippen molar-refractivity contribution in [2.24, 2.45) is 0 Å². The number of urea groups is 1. The Kier molecular flexibility index (Phi) is 3.92. The average molecular weight is 280 g/mol. The van der Waals surface area contributed by atoms with Crippen LogP contribution in [-0.4, -0.2) is 22.6 Å². The van der Waals surface area contributed by atoms with E-state index in [2.05, 4.69) is 10.6 Å². The zero-order valence-corrected chi connectivity index (χ0v) is 11.2. The maximum absolute atomic E-state index is 13.1. The van der Waals surface area contributed by atoms with Crippen molar-refractivity contribution in [3.63, 3.8) is 0 Å². The second-order valence-electron chi connectivity index (χ2n) is 5.25. The fourth-order valence-electron chi connectivity index (χ4n) is 2.36. The SMILES string of the molecule is Cc1cc(NC(=O)NC2(CC(=O)O)CCC2)ccc1F. The van der Waals surface area contributed by atoms with Crippen LogP contribution in [-0.2, 0) is 4.79 Å². The second kappa shape index (κ2) is 5.48. The minimum Gasteiger partial charge on any atom is -0.481 e. The normalized spacial score (nSPS) is 16.1. The third-order valence-corrected chi connectivity index (χ3v) is 3.59. The summed E-state index contributed by atoms with van der Waals surface area (Å²) < 4.78 is 13.1. The Morgan fingerprint density at radius 1 is 1.40 bits per heavy atom. The van der Waals surface area contributed by atoms with Gasteiger partial charge in [0.1, 0.15) is 5.82 Å². The molecule has 0 atom stereocenters. The highest BCUT2D eigenvalue weighted by Crippen LogP contribution is 2.35. The van der Waals surface area contributed by atoms with Crippen molar-refractivity contribution in [3.05, 3.63) is 29.6 Å². The highest BCUT2D eigenvalue weighted by atomic mass is 19.1. The maximum Gasteiger partial charge on any atom is 0.319 e. The molecule has 0 spiro atoms. The number of carboxylic acids is 1. The molecule has 1 saturated carbocycles. The van der Waals surface area contributed by atoms with Crippen LogP contribution in [0.2, 0.25) is 0 Å². The lowest BCUT2D eigenvalue weighted by Crippen LogP contribution is -2.55. The number of amides is 2. The second-order valence-corrected chi connectivity index (χ2v) is 5.25. The number of benzene rings is 1. The van der Waals surface area contributed by atoms with Crippen LogP contribution < -0.4 is 10.6 Å². The van der Waals surface area contributed by atoms with Crippen molar-refractivity contribution in [3.8, 4) is 0 Å². The molecule has 20 heavy (non-hydrogen) atoms. The Labute approximate surface area is 116 Å². The van der Waals surface area contributed by atoms with Gasteiger partial charge in [-0.2, -0.15) is 0 Å². The lowest BCUT2D eigenvalue weighted by Gasteiger charge is -2.41. The van der Waals surface area contributed by atoms with Gasteiger partial charge in [-0.05, 0) is 49.9 Å². The van der Waals surface area contributed by atoms with Gasteiger partial charge in [0.05, 0.1) is 12.0 Å². The van der Waals surface area contributed by atoms with E-state index < -0.39 is 17.5 Å². The van der Waals surface area contributed by atoms with Crippen LogP contribution in [0.25, 0.3) is 0 Å². The molecule has 1 aliphatic rings. The molecule has 2 amide bonds. The quantitative estimate of drug-likeness (QED) is 0.793. The van der Waals surface area contributed by atoms with Gasteiger partial charge >= 0.3 is 12.0 Å². The molecule has 1 aromatic rings. The van der Waals surface area contributed by atoms with Gasteiger partial charge in [-0.3, -0.25) is 4.79 Å². The van der Waals surface area contributed by atoms with E-state index in [9.17, 15) is 14.0 Å². The van der Waals surface area contributed by atoms with Gasteiger partial charge in [0.15, 0.2) is 0 Å². The predicted octanol–water partition coefficient (Wildman–Crippen LogP) is 2.65. The number of halogens is 1. The fraction of sp³-hybridized carbons (Fsp3) is 0.429. The van der Waals surface area contributed by atoms with Crippen molar-refractivity contribution in [2.45, 2.75) is 38.1 Å². The molecule has 1 aliphatic carbocycles. The van der Waals surface area contributed by atoms with E-state index >= 15 is 0 Å². The number of hydrogen-bond acceptors (Lipinski definition) is 2. The predicted molar refractivity (Wildman–Crippen MR) is 72.1 cm³/mol. The van der Waals surface area contributed by atoms with Crippen molar-refractivity contribution < 1.29 is 19.1 Å². The molecule has 5 nitrogen and oxygen atoms in total. The summed E-state index contributed by atoms with van der Waals surface area (Å²) in [5, 5.41) is 14.2. The van der Waals surface area contributed by atoms with Crippen molar-refractivity contribution in [1.29, 1.82) is 0 Å². The largest absolute Gasteiger partial charge is 0.481 e. The van der Waals surface area contributed by atoms with E-state index in [-0.39, 0.29) is 12.2 Å². The summed E-state index contributed by atoms with van der Waals surface area (Å²) >= 11 is 0. The fourth-order valence-corrected chi connectivity index (χ4v) is 2.36. The smallest absolute Gasteiger partial charge is 0.319 e. The van der Waals surface area contributed by atoms with Crippen LogP contribution in [0.3, 0.4) is 0 Å². The van der Waals surface area contributed by atoms with Gasteiger partial charge in [-0.25, -0.2) is 9.18 Å². The molecule has 0 saturated heterocycles. The Bertz CT molecular complexity index is 541. The van der Waals surface area contributed by atoms with E-state index in [0.29, 0.717) is 24.1 Å². The molecule has 0 bridgehead atoms. The highest BCUT2D eigenvalue weighted by molar-refractivity contribution is 5.90. The molecule has 108 valence electrons. The molecule has 0 aromatic heterocycles. The van der Waals surface area contributed by atoms with Gasteiger partial charge in [-0.1, -0.05) is 0 Å². The first-order valence-electron chi connectivity index (χ1n) is 6.47. The van der Waals surface area contributed by atoms with E-state index in [4.69, 9.17) is 5.11 Å². The van der Waals surface area contributed by atoms with Crippen LogP contribution in [0.15, 0.2) is 18.2 Å². The Morgan fingerprint density at radius 2 is 2.10 bits per heavy atom. The van der Waals surface area contributed by atoms with E-state index in [0.717, 1.165) is 6.42 Å². The molecule has 1 fully saturated rings. The van der Waals surface area contributed by atoms with E-state index in [1.165, 1.54) is 18.2 Å². The first-order valence-corrected chi connectivity index (χ1v) is 6.47. The number of carboxylic acid groups (broad SMARTS) is 1. The van der Waals surface area contributed by atoms with Crippen molar-refractivity contribution in [2.75, 3.05) is 5.32 Å². The standard InChI is InChI=1S/C14H17FN2O3/c1-9-7-10(3-4-11(9)15)16-13(20)17-14(5-2-6-14)8-12(18)19/h3-4,7H,2,5-6,8H2,1H3,(H,18,19)(H2,16,17,20). The Balaban J connectivity index is 1.97. The molecule has 3 N–H and O–H groups in total. The van der Waals surface area contributed by atoms with Gasteiger partial charge in [-0.15, -0.1) is 0 Å². The third kappa shape index (κ3) is 3.26. The number of carbonyl (C=O) groups excluding carboxylic acids is 1. The van der Waals surface area contributed by atoms with Crippen LogP contribution in [0.5, 0.6) is 0 Å². The van der Waals surface area contributed by atoms with Crippen LogP contribution in [0.4, 0.5) is 14.9 Å². The first-order chi connectivity index (χ1) is 9.40. The lowest BCUT2D eigenvalue weighted by molar-refractivity contribution is -0.139. The van der Waals surface area contributed by atoms with Crippen LogP contribution >= 0.6 is 0 Å². The van der Waals surface area contributed by atoms with Crippen molar-refractivity contribution >= 4 is 17.7 Å². The van der Waals surface area contributed by atoms with Crippen LogP contribution in [0.1, 0.15) is 31.2 Å². The summed E-state index contributed by atoms with van der Waals surface area (Å²) in [6.07, 6.45) is 2.15. The molecule has 0 aliphatic heterocycles. The average Bonchev–Trinajstić information content (AvgIpc) is 2.30.